The second-order valence-electron chi connectivity index (χ2n) is 8.16. The summed E-state index contributed by atoms with van der Waals surface area (Å²) in [5, 5.41) is 16.1. The Kier molecular flexibility index (Phi) is 7.23. The highest BCUT2D eigenvalue weighted by Gasteiger charge is 2.16. The molecule has 3 aromatic rings. The first-order valence-corrected chi connectivity index (χ1v) is 10.6. The van der Waals surface area contributed by atoms with Crippen molar-refractivity contribution in [3.05, 3.63) is 71.4 Å². The zero-order valence-electron chi connectivity index (χ0n) is 18.2. The summed E-state index contributed by atoms with van der Waals surface area (Å²) in [5.74, 6) is -0.724. The third-order valence-electron chi connectivity index (χ3n) is 5.15. The molecule has 0 aliphatic carbocycles. The Hall–Kier alpha value is -3.41. The molecular weight excluding hydrogens is 390 g/mol. The van der Waals surface area contributed by atoms with Gasteiger partial charge in [0.2, 0.25) is 0 Å². The van der Waals surface area contributed by atoms with E-state index in [9.17, 15) is 9.59 Å². The normalized spacial score (nSPS) is 12.0. The van der Waals surface area contributed by atoms with Gasteiger partial charge in [0.1, 0.15) is 0 Å². The van der Waals surface area contributed by atoms with Crippen LogP contribution < -0.4 is 10.6 Å². The number of anilines is 1. The van der Waals surface area contributed by atoms with Crippen molar-refractivity contribution in [1.82, 2.24) is 10.3 Å². The first-order chi connectivity index (χ1) is 14.8. The highest BCUT2D eigenvalue weighted by atomic mass is 16.4. The van der Waals surface area contributed by atoms with Gasteiger partial charge in [-0.15, -0.1) is 0 Å². The molecule has 3 N–H and O–H groups in total. The first-order valence-electron chi connectivity index (χ1n) is 10.6. The van der Waals surface area contributed by atoms with E-state index < -0.39 is 5.97 Å². The van der Waals surface area contributed by atoms with Crippen LogP contribution in [0.1, 0.15) is 54.3 Å². The number of nitrogens with one attached hydrogen (secondary N) is 2. The molecule has 0 radical (unpaired) electrons. The molecule has 0 spiro atoms. The number of carboxylic acid groups (broad SMARTS) is 1. The Labute approximate surface area is 182 Å². The van der Waals surface area contributed by atoms with Gasteiger partial charge in [-0.05, 0) is 49.1 Å². The fourth-order valence-corrected chi connectivity index (χ4v) is 3.55. The van der Waals surface area contributed by atoms with Gasteiger partial charge in [-0.1, -0.05) is 44.2 Å². The maximum atomic E-state index is 12.2. The zero-order valence-corrected chi connectivity index (χ0v) is 18.2. The Morgan fingerprint density at radius 2 is 1.77 bits per heavy atom. The van der Waals surface area contributed by atoms with Gasteiger partial charge in [-0.3, -0.25) is 14.6 Å². The number of aromatic nitrogens is 1. The van der Waals surface area contributed by atoms with Gasteiger partial charge >= 0.3 is 5.97 Å². The summed E-state index contributed by atoms with van der Waals surface area (Å²) in [4.78, 5) is 27.5. The van der Waals surface area contributed by atoms with Crippen LogP contribution in [0.4, 0.5) is 5.69 Å². The Morgan fingerprint density at radius 3 is 2.45 bits per heavy atom. The number of carboxylic acids is 1. The van der Waals surface area contributed by atoms with Crippen molar-refractivity contribution < 1.29 is 14.7 Å². The number of hydrogen-bond acceptors (Lipinski definition) is 4. The van der Waals surface area contributed by atoms with Crippen LogP contribution in [-0.2, 0) is 4.79 Å². The lowest BCUT2D eigenvalue weighted by Gasteiger charge is -2.23. The lowest BCUT2D eigenvalue weighted by Crippen LogP contribution is -2.26. The standard InChI is InChI=1S/C25H29N3O3/c1-16(2)14-23(28-22-15-20-6-4-5-7-21(20)27-17(22)3)18-8-10-19(11-9-18)25(31)26-13-12-24(29)30/h4-11,15-16,23,28H,12-14H2,1-3H3,(H,26,31)(H,29,30)/t23-/m0/s1. The van der Waals surface area contributed by atoms with Crippen LogP contribution in [0.2, 0.25) is 0 Å². The number of nitrogens with zero attached hydrogens (tertiary/aromatic N) is 1. The Bertz CT molecular complexity index is 1060. The molecule has 1 heterocycles. The molecule has 0 saturated carbocycles. The van der Waals surface area contributed by atoms with Crippen molar-refractivity contribution in [3.8, 4) is 0 Å². The number of carbonyl (C=O) groups excluding carboxylic acids is 1. The maximum Gasteiger partial charge on any atom is 0.305 e. The van der Waals surface area contributed by atoms with Crippen LogP contribution >= 0.6 is 0 Å². The van der Waals surface area contributed by atoms with Gasteiger partial charge in [0.25, 0.3) is 5.91 Å². The molecule has 0 unspecified atom stereocenters. The molecule has 0 aliphatic rings. The Balaban J connectivity index is 1.79. The number of fused-ring (bicyclic) bond motifs is 1. The minimum atomic E-state index is -0.934. The molecule has 1 atom stereocenters. The summed E-state index contributed by atoms with van der Waals surface area (Å²) < 4.78 is 0. The largest absolute Gasteiger partial charge is 0.481 e. The average Bonchev–Trinajstić information content (AvgIpc) is 2.73. The van der Waals surface area contributed by atoms with Gasteiger partial charge < -0.3 is 15.7 Å². The number of aliphatic carboxylic acids is 1. The van der Waals surface area contributed by atoms with E-state index in [0.717, 1.165) is 34.3 Å². The summed E-state index contributed by atoms with van der Waals surface area (Å²) in [6.07, 6.45) is 0.833. The number of aryl methyl sites for hydroxylation is 1. The van der Waals surface area contributed by atoms with E-state index in [-0.39, 0.29) is 24.9 Å². The number of benzene rings is 2. The van der Waals surface area contributed by atoms with Crippen LogP contribution in [0.5, 0.6) is 0 Å². The van der Waals surface area contributed by atoms with E-state index in [0.29, 0.717) is 11.5 Å². The van der Waals surface area contributed by atoms with Gasteiger partial charge in [-0.25, -0.2) is 0 Å². The Morgan fingerprint density at radius 1 is 1.06 bits per heavy atom. The van der Waals surface area contributed by atoms with Crippen molar-refractivity contribution in [1.29, 1.82) is 0 Å². The molecule has 3 rings (SSSR count). The molecule has 162 valence electrons. The monoisotopic (exact) mass is 419 g/mol. The second-order valence-corrected chi connectivity index (χ2v) is 8.16. The van der Waals surface area contributed by atoms with Crippen LogP contribution in [0.3, 0.4) is 0 Å². The van der Waals surface area contributed by atoms with Crippen molar-refractivity contribution in [2.24, 2.45) is 5.92 Å². The molecule has 2 aromatic carbocycles. The van der Waals surface area contributed by atoms with Gasteiger partial charge in [0.05, 0.1) is 29.4 Å². The number of carbonyl (C=O) groups is 2. The second kappa shape index (κ2) is 10.1. The predicted molar refractivity (Wildman–Crippen MR) is 123 cm³/mol. The molecule has 1 aromatic heterocycles. The number of rotatable bonds is 9. The third kappa shape index (κ3) is 6.04. The fraction of sp³-hybridized carbons (Fsp3) is 0.320. The van der Waals surface area contributed by atoms with Crippen molar-refractivity contribution in [2.75, 3.05) is 11.9 Å². The lowest BCUT2D eigenvalue weighted by atomic mass is 9.95. The number of hydrogen-bond donors (Lipinski definition) is 3. The molecule has 1 amide bonds. The lowest BCUT2D eigenvalue weighted by molar-refractivity contribution is -0.136. The number of para-hydroxylation sites is 1. The zero-order chi connectivity index (χ0) is 22.4. The summed E-state index contributed by atoms with van der Waals surface area (Å²) >= 11 is 0. The molecule has 0 bridgehead atoms. The molecule has 0 saturated heterocycles. The maximum absolute atomic E-state index is 12.2. The molecule has 0 aliphatic heterocycles. The SMILES string of the molecule is Cc1nc2ccccc2cc1N[C@@H](CC(C)C)c1ccc(C(=O)NCCC(=O)O)cc1. The minimum Gasteiger partial charge on any atom is -0.481 e. The van der Waals surface area contributed by atoms with E-state index in [1.54, 1.807) is 12.1 Å². The van der Waals surface area contributed by atoms with Crippen LogP contribution in [0.15, 0.2) is 54.6 Å². The van der Waals surface area contributed by atoms with Gasteiger partial charge in [-0.2, -0.15) is 0 Å². The smallest absolute Gasteiger partial charge is 0.305 e. The van der Waals surface area contributed by atoms with Gasteiger partial charge in [0.15, 0.2) is 0 Å². The molecule has 0 fully saturated rings. The van der Waals surface area contributed by atoms with Crippen LogP contribution in [0.25, 0.3) is 10.9 Å². The van der Waals surface area contributed by atoms with Crippen molar-refractivity contribution in [2.45, 2.75) is 39.7 Å². The summed E-state index contributed by atoms with van der Waals surface area (Å²) in [5.41, 5.74) is 4.52. The van der Waals surface area contributed by atoms with Crippen molar-refractivity contribution in [3.63, 3.8) is 0 Å². The van der Waals surface area contributed by atoms with Gasteiger partial charge in [0, 0.05) is 17.5 Å². The summed E-state index contributed by atoms with van der Waals surface area (Å²) in [7, 11) is 0. The van der Waals surface area contributed by atoms with E-state index in [2.05, 4.69) is 36.6 Å². The van der Waals surface area contributed by atoms with Crippen LogP contribution in [-0.4, -0.2) is 28.5 Å². The average molecular weight is 420 g/mol. The highest BCUT2D eigenvalue weighted by molar-refractivity contribution is 5.94. The summed E-state index contributed by atoms with van der Waals surface area (Å²) in [6, 6.07) is 17.8. The number of pyridine rings is 1. The van der Waals surface area contributed by atoms with Crippen LogP contribution in [0, 0.1) is 12.8 Å². The van der Waals surface area contributed by atoms with Crippen molar-refractivity contribution >= 4 is 28.5 Å². The molecule has 6 heteroatoms. The first kappa shape index (κ1) is 22.3. The quantitative estimate of drug-likeness (QED) is 0.457. The molecule has 6 nitrogen and oxygen atoms in total. The topological polar surface area (TPSA) is 91.3 Å². The fourth-order valence-electron chi connectivity index (χ4n) is 3.55. The predicted octanol–water partition coefficient (Wildman–Crippen LogP) is 4.95. The minimum absolute atomic E-state index is 0.0748. The molecular formula is C25H29N3O3. The molecule has 31 heavy (non-hydrogen) atoms. The van der Waals surface area contributed by atoms with E-state index >= 15 is 0 Å². The number of amides is 1. The highest BCUT2D eigenvalue weighted by Crippen LogP contribution is 2.29. The van der Waals surface area contributed by atoms with E-state index in [4.69, 9.17) is 10.1 Å². The van der Waals surface area contributed by atoms with E-state index in [1.807, 2.05) is 37.3 Å². The van der Waals surface area contributed by atoms with E-state index in [1.165, 1.54) is 0 Å². The summed E-state index contributed by atoms with van der Waals surface area (Å²) in [6.45, 7) is 6.49. The third-order valence-corrected chi connectivity index (χ3v) is 5.15.